The summed E-state index contributed by atoms with van der Waals surface area (Å²) in [4.78, 5) is 16.1. The molecule has 0 saturated carbocycles. The maximum Gasteiger partial charge on any atom is 0.414 e. The first-order valence-corrected chi connectivity index (χ1v) is 10.1. The minimum absolute atomic E-state index is 0.0902. The quantitative estimate of drug-likeness (QED) is 0.605. The fourth-order valence-corrected chi connectivity index (χ4v) is 3.00. The lowest BCUT2D eigenvalue weighted by Gasteiger charge is -2.32. The van der Waals surface area contributed by atoms with E-state index >= 15 is 0 Å². The van der Waals surface area contributed by atoms with Crippen molar-refractivity contribution in [3.63, 3.8) is 0 Å². The molecule has 1 aliphatic rings. The van der Waals surface area contributed by atoms with Crippen LogP contribution in [0.2, 0.25) is 0 Å². The summed E-state index contributed by atoms with van der Waals surface area (Å²) in [5, 5.41) is 0. The van der Waals surface area contributed by atoms with E-state index in [1.54, 1.807) is 32.9 Å². The van der Waals surface area contributed by atoms with Crippen LogP contribution in [0.25, 0.3) is 0 Å². The van der Waals surface area contributed by atoms with E-state index in [0.29, 0.717) is 50.9 Å². The van der Waals surface area contributed by atoms with Crippen molar-refractivity contribution in [3.05, 3.63) is 24.0 Å². The first-order valence-electron chi connectivity index (χ1n) is 10.1. The van der Waals surface area contributed by atoms with Crippen LogP contribution in [0.4, 0.5) is 20.6 Å². The number of nitrogens with zero attached hydrogens (tertiary/aromatic N) is 2. The van der Waals surface area contributed by atoms with Gasteiger partial charge in [-0.15, -0.1) is 0 Å². The van der Waals surface area contributed by atoms with Crippen molar-refractivity contribution >= 4 is 17.5 Å². The SMILES string of the molecule is CCOC(CN(C(=O)OC(C)(C)C)c1ccc(N2CCOCC2)c(F)c1)OCC. The molecule has 1 aliphatic heterocycles. The third-order valence-corrected chi connectivity index (χ3v) is 4.25. The number of anilines is 2. The zero-order valence-electron chi connectivity index (χ0n) is 18.1. The van der Waals surface area contributed by atoms with Crippen LogP contribution < -0.4 is 9.80 Å². The summed E-state index contributed by atoms with van der Waals surface area (Å²) in [7, 11) is 0. The van der Waals surface area contributed by atoms with Crippen molar-refractivity contribution in [1.29, 1.82) is 0 Å². The van der Waals surface area contributed by atoms with E-state index < -0.39 is 23.8 Å². The molecular weight excluding hydrogens is 379 g/mol. The highest BCUT2D eigenvalue weighted by atomic mass is 19.1. The van der Waals surface area contributed by atoms with Gasteiger partial charge in [0.15, 0.2) is 6.29 Å². The molecule has 7 nitrogen and oxygen atoms in total. The van der Waals surface area contributed by atoms with E-state index in [9.17, 15) is 9.18 Å². The van der Waals surface area contributed by atoms with Crippen LogP contribution in [0.1, 0.15) is 34.6 Å². The highest BCUT2D eigenvalue weighted by Gasteiger charge is 2.27. The largest absolute Gasteiger partial charge is 0.443 e. The average Bonchev–Trinajstić information content (AvgIpc) is 2.65. The Morgan fingerprint density at radius 3 is 2.34 bits per heavy atom. The number of morpholine rings is 1. The molecule has 0 unspecified atom stereocenters. The summed E-state index contributed by atoms with van der Waals surface area (Å²) in [6, 6.07) is 4.75. The van der Waals surface area contributed by atoms with Crippen molar-refractivity contribution in [1.82, 2.24) is 0 Å². The predicted molar refractivity (Wildman–Crippen MR) is 110 cm³/mol. The van der Waals surface area contributed by atoms with Gasteiger partial charge in [-0.25, -0.2) is 9.18 Å². The second-order valence-electron chi connectivity index (χ2n) is 7.67. The molecule has 1 aromatic carbocycles. The first-order chi connectivity index (χ1) is 13.7. The Kier molecular flexibility index (Phi) is 8.67. The number of hydrogen-bond acceptors (Lipinski definition) is 6. The molecule has 1 amide bonds. The number of carbonyl (C=O) groups is 1. The van der Waals surface area contributed by atoms with Crippen LogP contribution in [-0.2, 0) is 18.9 Å². The van der Waals surface area contributed by atoms with E-state index in [4.69, 9.17) is 18.9 Å². The second kappa shape index (κ2) is 10.8. The number of carbonyl (C=O) groups excluding carboxylic acids is 1. The highest BCUT2D eigenvalue weighted by Crippen LogP contribution is 2.27. The Morgan fingerprint density at radius 1 is 1.21 bits per heavy atom. The normalized spacial score (nSPS) is 14.9. The molecule has 0 radical (unpaired) electrons. The van der Waals surface area contributed by atoms with E-state index in [-0.39, 0.29) is 6.54 Å². The molecule has 1 heterocycles. The minimum atomic E-state index is -0.686. The lowest BCUT2D eigenvalue weighted by Crippen LogP contribution is -2.43. The average molecular weight is 413 g/mol. The third kappa shape index (κ3) is 7.13. The molecule has 0 atom stereocenters. The predicted octanol–water partition coefficient (Wildman–Crippen LogP) is 3.80. The molecule has 2 rings (SSSR count). The molecule has 0 aliphatic carbocycles. The molecule has 0 aromatic heterocycles. The number of rotatable bonds is 8. The summed E-state index contributed by atoms with van der Waals surface area (Å²) in [5.41, 5.74) is 0.194. The van der Waals surface area contributed by atoms with Gasteiger partial charge in [0.25, 0.3) is 0 Å². The van der Waals surface area contributed by atoms with Crippen molar-refractivity contribution in [2.24, 2.45) is 0 Å². The van der Waals surface area contributed by atoms with E-state index in [0.717, 1.165) is 0 Å². The van der Waals surface area contributed by atoms with Gasteiger partial charge in [0.1, 0.15) is 11.4 Å². The number of ether oxygens (including phenoxy) is 4. The lowest BCUT2D eigenvalue weighted by atomic mass is 10.2. The van der Waals surface area contributed by atoms with E-state index in [1.807, 2.05) is 18.7 Å². The van der Waals surface area contributed by atoms with Gasteiger partial charge in [-0.1, -0.05) is 0 Å². The fourth-order valence-electron chi connectivity index (χ4n) is 3.00. The number of hydrogen-bond donors (Lipinski definition) is 0. The molecule has 8 heteroatoms. The van der Waals surface area contributed by atoms with E-state index in [1.165, 1.54) is 11.0 Å². The van der Waals surface area contributed by atoms with Gasteiger partial charge in [0.2, 0.25) is 0 Å². The molecule has 0 N–H and O–H groups in total. The van der Waals surface area contributed by atoms with Gasteiger partial charge in [-0.2, -0.15) is 0 Å². The Morgan fingerprint density at radius 2 is 1.83 bits per heavy atom. The van der Waals surface area contributed by atoms with Gasteiger partial charge in [0.05, 0.1) is 31.1 Å². The second-order valence-corrected chi connectivity index (χ2v) is 7.67. The van der Waals surface area contributed by atoms with Crippen molar-refractivity contribution in [2.45, 2.75) is 46.5 Å². The van der Waals surface area contributed by atoms with Crippen LogP contribution >= 0.6 is 0 Å². The summed E-state index contributed by atoms with van der Waals surface area (Å²) >= 11 is 0. The summed E-state index contributed by atoms with van der Waals surface area (Å²) in [6.07, 6.45) is -1.22. The van der Waals surface area contributed by atoms with Crippen LogP contribution in [0.15, 0.2) is 18.2 Å². The zero-order valence-corrected chi connectivity index (χ0v) is 18.1. The molecule has 1 saturated heterocycles. The Hall–Kier alpha value is -1.90. The van der Waals surface area contributed by atoms with E-state index in [2.05, 4.69) is 0 Å². The summed E-state index contributed by atoms with van der Waals surface area (Å²) < 4.78 is 36.9. The van der Waals surface area contributed by atoms with Crippen molar-refractivity contribution in [3.8, 4) is 0 Å². The molecule has 0 bridgehead atoms. The monoisotopic (exact) mass is 412 g/mol. The fraction of sp³-hybridized carbons (Fsp3) is 0.667. The van der Waals surface area contributed by atoms with Crippen LogP contribution in [0.5, 0.6) is 0 Å². The standard InChI is InChI=1S/C21H33FN2O5/c1-6-27-19(28-7-2)15-24(20(25)29-21(3,4)5)16-8-9-18(17(22)14-16)23-10-12-26-13-11-23/h8-9,14,19H,6-7,10-13,15H2,1-5H3. The first kappa shape index (κ1) is 23.4. The van der Waals surface area contributed by atoms with Crippen LogP contribution in [0, 0.1) is 5.82 Å². The molecule has 1 fully saturated rings. The van der Waals surface area contributed by atoms with Gasteiger partial charge in [-0.3, -0.25) is 4.90 Å². The van der Waals surface area contributed by atoms with Gasteiger partial charge in [-0.05, 0) is 52.8 Å². The maximum atomic E-state index is 14.9. The van der Waals surface area contributed by atoms with Gasteiger partial charge < -0.3 is 23.8 Å². The molecule has 0 spiro atoms. The van der Waals surface area contributed by atoms with Gasteiger partial charge in [0, 0.05) is 26.3 Å². The number of amides is 1. The van der Waals surface area contributed by atoms with Crippen LogP contribution in [-0.4, -0.2) is 64.0 Å². The number of halogens is 1. The summed E-state index contributed by atoms with van der Waals surface area (Å²) in [6.45, 7) is 12.4. The van der Waals surface area contributed by atoms with Crippen molar-refractivity contribution < 1.29 is 28.1 Å². The molecule has 1 aromatic rings. The minimum Gasteiger partial charge on any atom is -0.443 e. The van der Waals surface area contributed by atoms with Crippen LogP contribution in [0.3, 0.4) is 0 Å². The smallest absolute Gasteiger partial charge is 0.414 e. The zero-order chi connectivity index (χ0) is 21.4. The third-order valence-electron chi connectivity index (χ3n) is 4.25. The summed E-state index contributed by atoms with van der Waals surface area (Å²) in [5.74, 6) is -0.401. The van der Waals surface area contributed by atoms with Gasteiger partial charge >= 0.3 is 6.09 Å². The number of benzene rings is 1. The maximum absolute atomic E-state index is 14.9. The molecule has 164 valence electrons. The Labute approximate surface area is 172 Å². The topological polar surface area (TPSA) is 60.5 Å². The molecular formula is C21H33FN2O5. The molecule has 29 heavy (non-hydrogen) atoms. The Bertz CT molecular complexity index is 653. The Balaban J connectivity index is 2.28. The lowest BCUT2D eigenvalue weighted by molar-refractivity contribution is -0.129. The highest BCUT2D eigenvalue weighted by molar-refractivity contribution is 5.88. The van der Waals surface area contributed by atoms with Crippen molar-refractivity contribution in [2.75, 3.05) is 55.9 Å².